The third-order valence-corrected chi connectivity index (χ3v) is 3.31. The Balaban J connectivity index is 2.02. The van der Waals surface area contributed by atoms with Gasteiger partial charge in [0.25, 0.3) is 0 Å². The van der Waals surface area contributed by atoms with Crippen molar-refractivity contribution in [2.24, 2.45) is 5.73 Å². The first kappa shape index (κ1) is 10.7. The van der Waals surface area contributed by atoms with E-state index in [1.807, 2.05) is 6.20 Å². The summed E-state index contributed by atoms with van der Waals surface area (Å²) in [6.45, 7) is 0.774. The van der Waals surface area contributed by atoms with Crippen LogP contribution in [0.1, 0.15) is 50.3 Å². The summed E-state index contributed by atoms with van der Waals surface area (Å²) in [6.07, 6.45) is 10.8. The summed E-state index contributed by atoms with van der Waals surface area (Å²) in [6, 6.07) is 2.80. The molecule has 1 fully saturated rings. The summed E-state index contributed by atoms with van der Waals surface area (Å²) in [7, 11) is 0. The summed E-state index contributed by atoms with van der Waals surface area (Å²) in [5.41, 5.74) is 6.91. The molecule has 2 rings (SSSR count). The van der Waals surface area contributed by atoms with Gasteiger partial charge in [-0.2, -0.15) is 5.10 Å². The van der Waals surface area contributed by atoms with Crippen molar-refractivity contribution in [1.29, 1.82) is 0 Å². The van der Waals surface area contributed by atoms with Crippen LogP contribution in [0.15, 0.2) is 12.3 Å². The van der Waals surface area contributed by atoms with Gasteiger partial charge in [-0.05, 0) is 38.3 Å². The lowest BCUT2D eigenvalue weighted by molar-refractivity contribution is 0.321. The number of aryl methyl sites for hydroxylation is 1. The summed E-state index contributed by atoms with van der Waals surface area (Å²) in [5, 5.41) is 4.47. The highest BCUT2D eigenvalue weighted by Gasteiger charge is 2.17. The molecule has 15 heavy (non-hydrogen) atoms. The summed E-state index contributed by atoms with van der Waals surface area (Å²) in [4.78, 5) is 0. The zero-order chi connectivity index (χ0) is 10.5. The molecule has 0 saturated heterocycles. The zero-order valence-corrected chi connectivity index (χ0v) is 9.36. The van der Waals surface area contributed by atoms with Gasteiger partial charge >= 0.3 is 0 Å². The molecule has 0 aliphatic heterocycles. The van der Waals surface area contributed by atoms with Gasteiger partial charge in [0.1, 0.15) is 0 Å². The molecule has 1 aliphatic rings. The molecule has 1 aromatic heterocycles. The van der Waals surface area contributed by atoms with Crippen molar-refractivity contribution in [3.8, 4) is 0 Å². The molecule has 1 aliphatic carbocycles. The molecular weight excluding hydrogens is 186 g/mol. The molecule has 0 aromatic carbocycles. The number of aromatic nitrogens is 2. The second-order valence-corrected chi connectivity index (χ2v) is 4.45. The molecule has 1 heterocycles. The van der Waals surface area contributed by atoms with Crippen LogP contribution in [0.2, 0.25) is 0 Å². The number of nitrogens with two attached hydrogens (primary N) is 1. The second kappa shape index (κ2) is 5.31. The molecule has 3 heteroatoms. The Morgan fingerprint density at radius 1 is 1.33 bits per heavy atom. The molecular formula is C12H21N3. The fourth-order valence-corrected chi connectivity index (χ4v) is 2.48. The van der Waals surface area contributed by atoms with Gasteiger partial charge in [0.2, 0.25) is 0 Å². The van der Waals surface area contributed by atoms with Crippen LogP contribution in [0.4, 0.5) is 0 Å². The van der Waals surface area contributed by atoms with E-state index in [4.69, 9.17) is 5.73 Å². The van der Waals surface area contributed by atoms with E-state index < -0.39 is 0 Å². The van der Waals surface area contributed by atoms with Crippen molar-refractivity contribution in [2.75, 3.05) is 6.54 Å². The Morgan fingerprint density at radius 3 is 2.87 bits per heavy atom. The van der Waals surface area contributed by atoms with E-state index in [0.29, 0.717) is 6.04 Å². The summed E-state index contributed by atoms with van der Waals surface area (Å²) < 4.78 is 2.24. The van der Waals surface area contributed by atoms with E-state index in [-0.39, 0.29) is 0 Å². The molecule has 0 bridgehead atoms. The predicted octanol–water partition coefficient (Wildman–Crippen LogP) is 2.28. The van der Waals surface area contributed by atoms with E-state index in [9.17, 15) is 0 Å². The Kier molecular flexibility index (Phi) is 3.78. The Hall–Kier alpha value is -0.830. The minimum Gasteiger partial charge on any atom is -0.330 e. The van der Waals surface area contributed by atoms with Crippen molar-refractivity contribution in [2.45, 2.75) is 51.0 Å². The lowest BCUT2D eigenvalue weighted by Crippen LogP contribution is -2.17. The van der Waals surface area contributed by atoms with E-state index in [1.165, 1.54) is 37.8 Å². The van der Waals surface area contributed by atoms with Crippen LogP contribution in [-0.4, -0.2) is 16.3 Å². The molecule has 0 radical (unpaired) electrons. The molecule has 84 valence electrons. The highest BCUT2D eigenvalue weighted by Crippen LogP contribution is 2.28. The van der Waals surface area contributed by atoms with Gasteiger partial charge in [0.15, 0.2) is 0 Å². The quantitative estimate of drug-likeness (QED) is 0.823. The third kappa shape index (κ3) is 2.59. The van der Waals surface area contributed by atoms with Gasteiger partial charge in [-0.25, -0.2) is 0 Å². The largest absolute Gasteiger partial charge is 0.330 e. The van der Waals surface area contributed by atoms with Gasteiger partial charge < -0.3 is 5.73 Å². The van der Waals surface area contributed by atoms with E-state index in [1.54, 1.807) is 0 Å². The van der Waals surface area contributed by atoms with Crippen LogP contribution >= 0.6 is 0 Å². The third-order valence-electron chi connectivity index (χ3n) is 3.31. The maximum atomic E-state index is 5.54. The lowest BCUT2D eigenvalue weighted by atomic mass is 9.95. The van der Waals surface area contributed by atoms with Crippen molar-refractivity contribution in [3.05, 3.63) is 18.0 Å². The van der Waals surface area contributed by atoms with Gasteiger partial charge in [-0.3, -0.25) is 4.68 Å². The molecule has 1 aromatic rings. The summed E-state index contributed by atoms with van der Waals surface area (Å²) in [5.74, 6) is 0. The first-order chi connectivity index (χ1) is 7.42. The summed E-state index contributed by atoms with van der Waals surface area (Å²) >= 11 is 0. The topological polar surface area (TPSA) is 43.8 Å². The van der Waals surface area contributed by atoms with Gasteiger partial charge in [-0.15, -0.1) is 0 Å². The van der Waals surface area contributed by atoms with Gasteiger partial charge in [-0.1, -0.05) is 19.3 Å². The van der Waals surface area contributed by atoms with Crippen molar-refractivity contribution >= 4 is 0 Å². The first-order valence-electron chi connectivity index (χ1n) is 6.14. The molecule has 0 spiro atoms. The highest BCUT2D eigenvalue weighted by molar-refractivity contribution is 5.02. The molecule has 1 saturated carbocycles. The van der Waals surface area contributed by atoms with Crippen LogP contribution in [0, 0.1) is 0 Å². The standard InChI is InChI=1S/C12H21N3/c13-9-4-7-12-8-10-14-15(12)11-5-2-1-3-6-11/h8,10-11H,1-7,9,13H2. The minimum atomic E-state index is 0.654. The van der Waals surface area contributed by atoms with Gasteiger partial charge in [0, 0.05) is 11.9 Å². The second-order valence-electron chi connectivity index (χ2n) is 4.45. The van der Waals surface area contributed by atoms with Crippen LogP contribution in [0.3, 0.4) is 0 Å². The average molecular weight is 207 g/mol. The maximum Gasteiger partial charge on any atom is 0.0522 e. The first-order valence-corrected chi connectivity index (χ1v) is 6.14. The van der Waals surface area contributed by atoms with Gasteiger partial charge in [0.05, 0.1) is 6.04 Å². The van der Waals surface area contributed by atoms with Crippen molar-refractivity contribution in [1.82, 2.24) is 9.78 Å². The number of hydrogen-bond donors (Lipinski definition) is 1. The smallest absolute Gasteiger partial charge is 0.0522 e. The van der Waals surface area contributed by atoms with E-state index in [0.717, 1.165) is 19.4 Å². The molecule has 3 nitrogen and oxygen atoms in total. The van der Waals surface area contributed by atoms with Crippen LogP contribution in [0.25, 0.3) is 0 Å². The minimum absolute atomic E-state index is 0.654. The number of nitrogens with zero attached hydrogens (tertiary/aromatic N) is 2. The molecule has 0 unspecified atom stereocenters. The average Bonchev–Trinajstić information content (AvgIpc) is 2.75. The van der Waals surface area contributed by atoms with E-state index >= 15 is 0 Å². The predicted molar refractivity (Wildman–Crippen MR) is 61.7 cm³/mol. The van der Waals surface area contributed by atoms with Crippen LogP contribution in [0.5, 0.6) is 0 Å². The zero-order valence-electron chi connectivity index (χ0n) is 9.36. The van der Waals surface area contributed by atoms with Crippen molar-refractivity contribution < 1.29 is 0 Å². The van der Waals surface area contributed by atoms with Crippen LogP contribution < -0.4 is 5.73 Å². The fourth-order valence-electron chi connectivity index (χ4n) is 2.48. The molecule has 0 atom stereocenters. The monoisotopic (exact) mass is 207 g/mol. The van der Waals surface area contributed by atoms with E-state index in [2.05, 4.69) is 15.8 Å². The fraction of sp³-hybridized carbons (Fsp3) is 0.750. The number of rotatable bonds is 4. The lowest BCUT2D eigenvalue weighted by Gasteiger charge is -2.24. The molecule has 0 amide bonds. The van der Waals surface area contributed by atoms with Crippen LogP contribution in [-0.2, 0) is 6.42 Å². The Bertz CT molecular complexity index is 287. The Labute approximate surface area is 91.7 Å². The maximum absolute atomic E-state index is 5.54. The SMILES string of the molecule is NCCCc1ccnn1C1CCCCC1. The number of hydrogen-bond acceptors (Lipinski definition) is 2. The van der Waals surface area contributed by atoms with Crippen molar-refractivity contribution in [3.63, 3.8) is 0 Å². The highest BCUT2D eigenvalue weighted by atomic mass is 15.3. The molecule has 2 N–H and O–H groups in total. The normalized spacial score (nSPS) is 18.2. The Morgan fingerprint density at radius 2 is 2.13 bits per heavy atom.